The fourth-order valence-electron chi connectivity index (χ4n) is 2.20. The van der Waals surface area contributed by atoms with E-state index in [1.807, 2.05) is 36.6 Å². The molecule has 0 saturated heterocycles. The summed E-state index contributed by atoms with van der Waals surface area (Å²) in [6.45, 7) is 2.40. The minimum atomic E-state index is -0.383. The van der Waals surface area contributed by atoms with Gasteiger partial charge in [0, 0.05) is 11.3 Å². The molecule has 1 heterocycles. The van der Waals surface area contributed by atoms with E-state index in [4.69, 9.17) is 4.74 Å². The Morgan fingerprint density at radius 1 is 1.17 bits per heavy atom. The molecule has 3 rings (SSSR count). The highest BCUT2D eigenvalue weighted by Gasteiger charge is 2.10. The molecular weight excluding hydrogens is 325 g/mol. The molecule has 2 aromatic carbocycles. The third kappa shape index (κ3) is 4.20. The van der Waals surface area contributed by atoms with Crippen molar-refractivity contribution in [1.29, 1.82) is 0 Å². The van der Waals surface area contributed by atoms with Crippen LogP contribution in [0.25, 0.3) is 0 Å². The Bertz CT molecular complexity index is 860. The van der Waals surface area contributed by atoms with E-state index in [0.29, 0.717) is 17.2 Å². The summed E-state index contributed by atoms with van der Waals surface area (Å²) in [5.41, 5.74) is 2.49. The van der Waals surface area contributed by atoms with Gasteiger partial charge in [-0.15, -0.1) is 11.3 Å². The van der Waals surface area contributed by atoms with E-state index in [9.17, 15) is 9.18 Å². The topological polar surface area (TPSA) is 38.3 Å². The first-order chi connectivity index (χ1) is 11.6. The van der Waals surface area contributed by atoms with Crippen molar-refractivity contribution < 1.29 is 13.9 Å². The second-order valence-corrected chi connectivity index (χ2v) is 6.30. The number of carbonyl (C=O) groups is 1. The van der Waals surface area contributed by atoms with E-state index >= 15 is 0 Å². The monoisotopic (exact) mass is 341 g/mol. The van der Waals surface area contributed by atoms with E-state index in [2.05, 4.69) is 5.32 Å². The van der Waals surface area contributed by atoms with Gasteiger partial charge in [-0.05, 0) is 54.3 Å². The van der Waals surface area contributed by atoms with E-state index in [1.165, 1.54) is 23.5 Å². The zero-order valence-corrected chi connectivity index (χ0v) is 13.9. The number of amides is 1. The number of benzene rings is 2. The minimum Gasteiger partial charge on any atom is -0.489 e. The number of carbonyl (C=O) groups excluding carboxylic acids is 1. The Morgan fingerprint density at radius 3 is 2.79 bits per heavy atom. The number of rotatable bonds is 5. The molecule has 5 heteroatoms. The maximum Gasteiger partial charge on any atom is 0.265 e. The van der Waals surface area contributed by atoms with Crippen molar-refractivity contribution in [2.75, 3.05) is 5.32 Å². The van der Waals surface area contributed by atoms with Crippen LogP contribution in [-0.2, 0) is 6.61 Å². The molecule has 3 nitrogen and oxygen atoms in total. The molecule has 24 heavy (non-hydrogen) atoms. The third-order valence-electron chi connectivity index (χ3n) is 3.36. The normalized spacial score (nSPS) is 10.4. The maximum atomic E-state index is 13.1. The number of anilines is 1. The second kappa shape index (κ2) is 7.27. The average molecular weight is 341 g/mol. The molecule has 0 radical (unpaired) electrons. The van der Waals surface area contributed by atoms with Gasteiger partial charge in [-0.25, -0.2) is 4.39 Å². The molecule has 0 atom stereocenters. The number of ether oxygens (including phenoxy) is 1. The van der Waals surface area contributed by atoms with Crippen molar-refractivity contribution in [3.05, 3.63) is 81.8 Å². The van der Waals surface area contributed by atoms with E-state index in [-0.39, 0.29) is 11.7 Å². The van der Waals surface area contributed by atoms with Crippen molar-refractivity contribution in [3.63, 3.8) is 0 Å². The molecule has 0 aliphatic rings. The van der Waals surface area contributed by atoms with Gasteiger partial charge in [-0.2, -0.15) is 0 Å². The van der Waals surface area contributed by atoms with Gasteiger partial charge in [0.05, 0.1) is 4.88 Å². The van der Waals surface area contributed by atoms with Gasteiger partial charge >= 0.3 is 0 Å². The Kier molecular flexibility index (Phi) is 4.91. The standard InChI is InChI=1S/C19H16FNO2S/c1-13-4-2-7-17(8-13)23-11-14-9-18(24-12-14)19(22)21-16-6-3-5-15(20)10-16/h2-10,12H,11H2,1H3,(H,21,22). The van der Waals surface area contributed by atoms with Gasteiger partial charge < -0.3 is 10.1 Å². The SMILES string of the molecule is Cc1cccc(OCc2csc(C(=O)Nc3cccc(F)c3)c2)c1. The smallest absolute Gasteiger partial charge is 0.265 e. The van der Waals surface area contributed by atoms with Crippen LogP contribution in [0.4, 0.5) is 10.1 Å². The Morgan fingerprint density at radius 2 is 2.00 bits per heavy atom. The highest BCUT2D eigenvalue weighted by Crippen LogP contribution is 2.20. The predicted octanol–water partition coefficient (Wildman–Crippen LogP) is 5.03. The Balaban J connectivity index is 1.61. The first-order valence-electron chi connectivity index (χ1n) is 7.44. The minimum absolute atomic E-state index is 0.257. The summed E-state index contributed by atoms with van der Waals surface area (Å²) in [5, 5.41) is 4.57. The first kappa shape index (κ1) is 16.2. The molecule has 0 fully saturated rings. The van der Waals surface area contributed by atoms with Gasteiger partial charge in [0.25, 0.3) is 5.91 Å². The molecule has 1 N–H and O–H groups in total. The number of thiophene rings is 1. The summed E-state index contributed by atoms with van der Waals surface area (Å²) in [7, 11) is 0. The molecular formula is C19H16FNO2S. The molecule has 122 valence electrons. The van der Waals surface area contributed by atoms with Crippen LogP contribution in [0, 0.1) is 12.7 Å². The lowest BCUT2D eigenvalue weighted by molar-refractivity contribution is 0.103. The van der Waals surface area contributed by atoms with Crippen molar-refractivity contribution in [2.24, 2.45) is 0 Å². The molecule has 0 unspecified atom stereocenters. The molecule has 1 aromatic heterocycles. The lowest BCUT2D eigenvalue weighted by atomic mass is 10.2. The predicted molar refractivity (Wildman–Crippen MR) is 94.2 cm³/mol. The molecule has 0 saturated carbocycles. The molecule has 3 aromatic rings. The Hall–Kier alpha value is -2.66. The number of hydrogen-bond acceptors (Lipinski definition) is 3. The lowest BCUT2D eigenvalue weighted by Gasteiger charge is -2.05. The largest absolute Gasteiger partial charge is 0.489 e. The van der Waals surface area contributed by atoms with Crippen LogP contribution in [0.1, 0.15) is 20.8 Å². The number of aryl methyl sites for hydroxylation is 1. The van der Waals surface area contributed by atoms with Crippen LogP contribution < -0.4 is 10.1 Å². The third-order valence-corrected chi connectivity index (χ3v) is 4.33. The molecule has 1 amide bonds. The van der Waals surface area contributed by atoms with Gasteiger partial charge in [0.2, 0.25) is 0 Å². The van der Waals surface area contributed by atoms with Crippen LogP contribution in [-0.4, -0.2) is 5.91 Å². The number of hydrogen-bond donors (Lipinski definition) is 1. The molecule has 0 aliphatic carbocycles. The summed E-state index contributed by atoms with van der Waals surface area (Å²) in [5.74, 6) is 0.158. The Labute approximate surface area is 143 Å². The van der Waals surface area contributed by atoms with E-state index < -0.39 is 0 Å². The fraction of sp³-hybridized carbons (Fsp3) is 0.105. The van der Waals surface area contributed by atoms with Gasteiger partial charge in [-0.3, -0.25) is 4.79 Å². The van der Waals surface area contributed by atoms with Crippen molar-refractivity contribution in [1.82, 2.24) is 0 Å². The van der Waals surface area contributed by atoms with Gasteiger partial charge in [0.15, 0.2) is 0 Å². The van der Waals surface area contributed by atoms with Crippen molar-refractivity contribution in [2.45, 2.75) is 13.5 Å². The first-order valence-corrected chi connectivity index (χ1v) is 8.32. The zero-order valence-electron chi connectivity index (χ0n) is 13.1. The zero-order chi connectivity index (χ0) is 16.9. The highest BCUT2D eigenvalue weighted by molar-refractivity contribution is 7.12. The average Bonchev–Trinajstić information content (AvgIpc) is 3.02. The summed E-state index contributed by atoms with van der Waals surface area (Å²) in [6.07, 6.45) is 0. The fourth-order valence-corrected chi connectivity index (χ4v) is 2.99. The quantitative estimate of drug-likeness (QED) is 0.707. The molecule has 0 spiro atoms. The van der Waals surface area contributed by atoms with Crippen LogP contribution >= 0.6 is 11.3 Å². The number of halogens is 1. The summed E-state index contributed by atoms with van der Waals surface area (Å²) in [4.78, 5) is 12.8. The number of nitrogens with one attached hydrogen (secondary N) is 1. The van der Waals surface area contributed by atoms with Gasteiger partial charge in [-0.1, -0.05) is 18.2 Å². The van der Waals surface area contributed by atoms with Gasteiger partial charge in [0.1, 0.15) is 18.2 Å². The van der Waals surface area contributed by atoms with E-state index in [1.54, 1.807) is 18.2 Å². The summed E-state index contributed by atoms with van der Waals surface area (Å²) >= 11 is 1.33. The van der Waals surface area contributed by atoms with Crippen LogP contribution in [0.3, 0.4) is 0 Å². The van der Waals surface area contributed by atoms with Crippen LogP contribution in [0.2, 0.25) is 0 Å². The molecule has 0 aliphatic heterocycles. The summed E-state index contributed by atoms with van der Waals surface area (Å²) in [6, 6.07) is 15.4. The van der Waals surface area contributed by atoms with Crippen molar-refractivity contribution >= 4 is 22.9 Å². The van der Waals surface area contributed by atoms with E-state index in [0.717, 1.165) is 16.9 Å². The lowest BCUT2D eigenvalue weighted by Crippen LogP contribution is -2.10. The summed E-state index contributed by atoms with van der Waals surface area (Å²) < 4.78 is 18.9. The maximum absolute atomic E-state index is 13.1. The molecule has 0 bridgehead atoms. The van der Waals surface area contributed by atoms with Crippen LogP contribution in [0.15, 0.2) is 60.0 Å². The van der Waals surface area contributed by atoms with Crippen LogP contribution in [0.5, 0.6) is 5.75 Å². The highest BCUT2D eigenvalue weighted by atomic mass is 32.1. The van der Waals surface area contributed by atoms with Crippen molar-refractivity contribution in [3.8, 4) is 5.75 Å². The second-order valence-electron chi connectivity index (χ2n) is 5.39.